The van der Waals surface area contributed by atoms with Crippen LogP contribution < -0.4 is 10.6 Å². The summed E-state index contributed by atoms with van der Waals surface area (Å²) in [6.07, 6.45) is 11.7. The Bertz CT molecular complexity index is 586. The zero-order valence-corrected chi connectivity index (χ0v) is 12.2. The first-order valence-electron chi connectivity index (χ1n) is 7.62. The Morgan fingerprint density at radius 2 is 1.85 bits per heavy atom. The average Bonchev–Trinajstić information content (AvgIpc) is 2.76. The van der Waals surface area contributed by atoms with Gasteiger partial charge in [-0.05, 0) is 25.0 Å². The SMILES string of the molecule is CN(c1ccc2cnccc2c1N)C1CCCCCC1. The van der Waals surface area contributed by atoms with E-state index in [1.165, 1.54) is 38.5 Å². The van der Waals surface area contributed by atoms with Gasteiger partial charge in [-0.2, -0.15) is 0 Å². The van der Waals surface area contributed by atoms with Crippen LogP contribution in [0.25, 0.3) is 10.8 Å². The Morgan fingerprint density at radius 3 is 2.60 bits per heavy atom. The molecule has 1 aromatic carbocycles. The number of fused-ring (bicyclic) bond motifs is 1. The number of anilines is 2. The van der Waals surface area contributed by atoms with Crippen LogP contribution in [0.1, 0.15) is 38.5 Å². The van der Waals surface area contributed by atoms with Crippen LogP contribution in [0.3, 0.4) is 0 Å². The molecule has 0 atom stereocenters. The first-order valence-corrected chi connectivity index (χ1v) is 7.62. The molecule has 1 aliphatic carbocycles. The van der Waals surface area contributed by atoms with E-state index in [2.05, 4.69) is 29.1 Å². The number of nitrogens with zero attached hydrogens (tertiary/aromatic N) is 2. The van der Waals surface area contributed by atoms with Crippen LogP contribution >= 0.6 is 0 Å². The molecule has 20 heavy (non-hydrogen) atoms. The van der Waals surface area contributed by atoms with Gasteiger partial charge in [-0.1, -0.05) is 31.7 Å². The van der Waals surface area contributed by atoms with Crippen molar-refractivity contribution in [3.8, 4) is 0 Å². The van der Waals surface area contributed by atoms with Crippen molar-refractivity contribution in [2.75, 3.05) is 17.7 Å². The fourth-order valence-electron chi connectivity index (χ4n) is 3.33. The summed E-state index contributed by atoms with van der Waals surface area (Å²) < 4.78 is 0. The molecule has 1 heterocycles. The van der Waals surface area contributed by atoms with Crippen molar-refractivity contribution in [1.82, 2.24) is 4.98 Å². The molecular formula is C17H23N3. The topological polar surface area (TPSA) is 42.2 Å². The van der Waals surface area contributed by atoms with Gasteiger partial charge in [0.05, 0.1) is 11.4 Å². The summed E-state index contributed by atoms with van der Waals surface area (Å²) in [4.78, 5) is 6.55. The zero-order chi connectivity index (χ0) is 13.9. The molecule has 0 amide bonds. The van der Waals surface area contributed by atoms with Crippen LogP contribution in [0.15, 0.2) is 30.6 Å². The van der Waals surface area contributed by atoms with Crippen LogP contribution in [-0.2, 0) is 0 Å². The van der Waals surface area contributed by atoms with Gasteiger partial charge in [0.15, 0.2) is 0 Å². The number of pyridine rings is 1. The number of hydrogen-bond acceptors (Lipinski definition) is 3. The number of benzene rings is 1. The van der Waals surface area contributed by atoms with E-state index in [9.17, 15) is 0 Å². The van der Waals surface area contributed by atoms with Crippen molar-refractivity contribution in [2.45, 2.75) is 44.6 Å². The van der Waals surface area contributed by atoms with Gasteiger partial charge in [-0.25, -0.2) is 0 Å². The second kappa shape index (κ2) is 5.70. The van der Waals surface area contributed by atoms with Gasteiger partial charge in [0.2, 0.25) is 0 Å². The molecule has 0 unspecified atom stereocenters. The number of nitrogens with two attached hydrogens (primary N) is 1. The highest BCUT2D eigenvalue weighted by atomic mass is 15.1. The summed E-state index contributed by atoms with van der Waals surface area (Å²) in [5.41, 5.74) is 8.44. The zero-order valence-electron chi connectivity index (χ0n) is 12.2. The molecule has 2 N–H and O–H groups in total. The summed E-state index contributed by atoms with van der Waals surface area (Å²) in [6.45, 7) is 0. The van der Waals surface area contributed by atoms with Crippen LogP contribution in [0.2, 0.25) is 0 Å². The van der Waals surface area contributed by atoms with E-state index < -0.39 is 0 Å². The summed E-state index contributed by atoms with van der Waals surface area (Å²) in [7, 11) is 2.19. The summed E-state index contributed by atoms with van der Waals surface area (Å²) in [5, 5.41) is 2.22. The standard InChI is InChI=1S/C17H23N3/c1-20(14-6-4-2-3-5-7-14)16-9-8-13-12-19-11-10-15(13)17(16)18/h8-12,14H,2-7,18H2,1H3. The molecule has 3 heteroatoms. The third-order valence-electron chi connectivity index (χ3n) is 4.59. The Labute approximate surface area is 120 Å². The second-order valence-corrected chi connectivity index (χ2v) is 5.85. The fourth-order valence-corrected chi connectivity index (χ4v) is 3.33. The Kier molecular flexibility index (Phi) is 3.77. The van der Waals surface area contributed by atoms with Gasteiger partial charge in [0, 0.05) is 36.3 Å². The largest absolute Gasteiger partial charge is 0.397 e. The van der Waals surface area contributed by atoms with E-state index in [4.69, 9.17) is 5.73 Å². The number of aromatic nitrogens is 1. The van der Waals surface area contributed by atoms with Gasteiger partial charge in [-0.3, -0.25) is 4.98 Å². The molecule has 3 nitrogen and oxygen atoms in total. The molecular weight excluding hydrogens is 246 g/mol. The quantitative estimate of drug-likeness (QED) is 0.662. The minimum absolute atomic E-state index is 0.624. The highest BCUT2D eigenvalue weighted by Gasteiger charge is 2.19. The molecule has 106 valence electrons. The maximum atomic E-state index is 6.40. The lowest BCUT2D eigenvalue weighted by atomic mass is 10.0. The maximum absolute atomic E-state index is 6.40. The van der Waals surface area contributed by atoms with E-state index in [0.29, 0.717) is 6.04 Å². The minimum atomic E-state index is 0.624. The van der Waals surface area contributed by atoms with Crippen molar-refractivity contribution in [3.63, 3.8) is 0 Å². The van der Waals surface area contributed by atoms with E-state index in [0.717, 1.165) is 22.1 Å². The minimum Gasteiger partial charge on any atom is -0.397 e. The van der Waals surface area contributed by atoms with Gasteiger partial charge >= 0.3 is 0 Å². The molecule has 2 aromatic rings. The number of nitrogen functional groups attached to an aromatic ring is 1. The fraction of sp³-hybridized carbons (Fsp3) is 0.471. The Hall–Kier alpha value is -1.77. The predicted molar refractivity (Wildman–Crippen MR) is 86.0 cm³/mol. The monoisotopic (exact) mass is 269 g/mol. The van der Waals surface area contributed by atoms with Crippen molar-refractivity contribution >= 4 is 22.1 Å². The normalized spacial score (nSPS) is 17.1. The average molecular weight is 269 g/mol. The van der Waals surface area contributed by atoms with E-state index in [1.807, 2.05) is 18.5 Å². The molecule has 1 aliphatic rings. The van der Waals surface area contributed by atoms with Gasteiger partial charge in [0.1, 0.15) is 0 Å². The first kappa shape index (κ1) is 13.2. The third kappa shape index (κ3) is 2.45. The van der Waals surface area contributed by atoms with Crippen LogP contribution in [0.4, 0.5) is 11.4 Å². The molecule has 1 fully saturated rings. The second-order valence-electron chi connectivity index (χ2n) is 5.85. The van der Waals surface area contributed by atoms with Crippen molar-refractivity contribution < 1.29 is 0 Å². The van der Waals surface area contributed by atoms with Crippen molar-refractivity contribution in [2.24, 2.45) is 0 Å². The predicted octanol–water partition coefficient (Wildman–Crippen LogP) is 3.98. The molecule has 0 spiro atoms. The lowest BCUT2D eigenvalue weighted by Crippen LogP contribution is -2.31. The molecule has 1 saturated carbocycles. The maximum Gasteiger partial charge on any atom is 0.0632 e. The van der Waals surface area contributed by atoms with E-state index >= 15 is 0 Å². The highest BCUT2D eigenvalue weighted by molar-refractivity contribution is 5.98. The summed E-state index contributed by atoms with van der Waals surface area (Å²) in [5.74, 6) is 0. The number of rotatable bonds is 2. The van der Waals surface area contributed by atoms with E-state index in [-0.39, 0.29) is 0 Å². The third-order valence-corrected chi connectivity index (χ3v) is 4.59. The van der Waals surface area contributed by atoms with Crippen LogP contribution in [0.5, 0.6) is 0 Å². The van der Waals surface area contributed by atoms with Crippen LogP contribution in [0, 0.1) is 0 Å². The molecule has 0 bridgehead atoms. The molecule has 0 radical (unpaired) electrons. The first-order chi connectivity index (χ1) is 9.77. The summed E-state index contributed by atoms with van der Waals surface area (Å²) >= 11 is 0. The highest BCUT2D eigenvalue weighted by Crippen LogP contribution is 2.33. The van der Waals surface area contributed by atoms with E-state index in [1.54, 1.807) is 0 Å². The van der Waals surface area contributed by atoms with Gasteiger partial charge < -0.3 is 10.6 Å². The van der Waals surface area contributed by atoms with Crippen molar-refractivity contribution in [3.05, 3.63) is 30.6 Å². The Morgan fingerprint density at radius 1 is 1.10 bits per heavy atom. The smallest absolute Gasteiger partial charge is 0.0632 e. The van der Waals surface area contributed by atoms with Gasteiger partial charge in [0.25, 0.3) is 0 Å². The molecule has 0 aliphatic heterocycles. The Balaban J connectivity index is 1.94. The lowest BCUT2D eigenvalue weighted by Gasteiger charge is -2.30. The van der Waals surface area contributed by atoms with Crippen molar-refractivity contribution in [1.29, 1.82) is 0 Å². The lowest BCUT2D eigenvalue weighted by molar-refractivity contribution is 0.553. The van der Waals surface area contributed by atoms with Gasteiger partial charge in [-0.15, -0.1) is 0 Å². The van der Waals surface area contributed by atoms with Crippen LogP contribution in [-0.4, -0.2) is 18.1 Å². The molecule has 0 saturated heterocycles. The number of hydrogen-bond donors (Lipinski definition) is 1. The molecule has 3 rings (SSSR count). The molecule has 1 aromatic heterocycles. The summed E-state index contributed by atoms with van der Waals surface area (Å²) in [6, 6.07) is 6.90.